The van der Waals surface area contributed by atoms with Gasteiger partial charge in [0.05, 0.1) is 1.37 Å². The zero-order valence-corrected chi connectivity index (χ0v) is 5.23. The summed E-state index contributed by atoms with van der Waals surface area (Å²) < 4.78 is 36.7. The SMILES string of the molecule is [3H]C(Cl)(Br)C(F)(F)F. The third-order valence-electron chi connectivity index (χ3n) is 0.214. The lowest BCUT2D eigenvalue weighted by molar-refractivity contribution is -0.112. The van der Waals surface area contributed by atoms with Gasteiger partial charge in [0.1, 0.15) is 0 Å². The van der Waals surface area contributed by atoms with Crippen molar-refractivity contribution in [1.29, 1.82) is 0 Å². The monoisotopic (exact) mass is 198 g/mol. The lowest BCUT2D eigenvalue weighted by atomic mass is 10.8. The van der Waals surface area contributed by atoms with Crippen LogP contribution < -0.4 is 0 Å². The van der Waals surface area contributed by atoms with Gasteiger partial charge >= 0.3 is 6.18 Å². The van der Waals surface area contributed by atoms with Crippen LogP contribution in [0.4, 0.5) is 13.2 Å². The van der Waals surface area contributed by atoms with Crippen LogP contribution in [0.25, 0.3) is 0 Å². The topological polar surface area (TPSA) is 0 Å². The molecule has 0 heterocycles. The second-order valence-corrected chi connectivity index (χ2v) is 2.39. The van der Waals surface area contributed by atoms with Crippen molar-refractivity contribution in [2.75, 3.05) is 0 Å². The summed E-state index contributed by atoms with van der Waals surface area (Å²) in [4.78, 5) is 0. The molecule has 1 unspecified atom stereocenters. The van der Waals surface area contributed by atoms with Crippen LogP contribution in [0.5, 0.6) is 0 Å². The van der Waals surface area contributed by atoms with E-state index in [0.29, 0.717) is 0 Å². The van der Waals surface area contributed by atoms with Crippen molar-refractivity contribution < 1.29 is 14.5 Å². The van der Waals surface area contributed by atoms with Crippen molar-refractivity contribution in [2.24, 2.45) is 0 Å². The number of hydrogen-bond donors (Lipinski definition) is 0. The summed E-state index contributed by atoms with van der Waals surface area (Å²) in [7, 11) is 0. The van der Waals surface area contributed by atoms with Gasteiger partial charge in [-0.1, -0.05) is 15.9 Å². The Hall–Kier alpha value is 0.560. The average molecular weight is 199 g/mol. The molecule has 0 radical (unpaired) electrons. The molecule has 0 nitrogen and oxygen atoms in total. The molecule has 0 rings (SSSR count). The van der Waals surface area contributed by atoms with Crippen LogP contribution >= 0.6 is 27.5 Å². The third kappa shape index (κ3) is 3.17. The van der Waals surface area contributed by atoms with Gasteiger partial charge in [-0.25, -0.2) is 0 Å². The minimum Gasteiger partial charge on any atom is -0.168 e. The summed E-state index contributed by atoms with van der Waals surface area (Å²) >= 11 is 6.37. The molecule has 1 atom stereocenters. The van der Waals surface area contributed by atoms with E-state index in [-0.39, 0.29) is 0 Å². The molecule has 0 saturated carbocycles. The largest absolute Gasteiger partial charge is 0.414 e. The maximum Gasteiger partial charge on any atom is 0.414 e. The van der Waals surface area contributed by atoms with Crippen molar-refractivity contribution in [1.82, 2.24) is 0 Å². The predicted molar refractivity (Wildman–Crippen MR) is 24.6 cm³/mol. The maximum absolute atomic E-state index is 11.2. The van der Waals surface area contributed by atoms with Crippen LogP contribution in [0.2, 0.25) is 0 Å². The highest BCUT2D eigenvalue weighted by Gasteiger charge is 2.35. The first kappa shape index (κ1) is 5.69. The summed E-state index contributed by atoms with van der Waals surface area (Å²) in [6.45, 7) is 0. The first-order chi connectivity index (χ1) is 3.25. The first-order valence-corrected chi connectivity index (χ1v) is 2.37. The van der Waals surface area contributed by atoms with Gasteiger partial charge in [0.25, 0.3) is 0 Å². The van der Waals surface area contributed by atoms with Crippen molar-refractivity contribution in [3.8, 4) is 0 Å². The highest BCUT2D eigenvalue weighted by atomic mass is 79.9. The minimum absolute atomic E-state index is 1.91. The van der Waals surface area contributed by atoms with E-state index in [1.807, 2.05) is 15.9 Å². The Labute approximate surface area is 53.2 Å². The fourth-order valence-electron chi connectivity index (χ4n) is 0. The molecular formula is C2HBrClF3. The standard InChI is InChI=1S/C2HBrClF3/c3-1(4)2(5,6)7/h1H/i1T. The molecular weight excluding hydrogens is 196 g/mol. The maximum atomic E-state index is 11.2. The molecule has 5 heteroatoms. The van der Waals surface area contributed by atoms with Gasteiger partial charge in [-0.05, 0) is 0 Å². The zero-order valence-electron chi connectivity index (χ0n) is 3.89. The molecule has 0 spiro atoms. The van der Waals surface area contributed by atoms with Crippen LogP contribution in [-0.4, -0.2) is 10.4 Å². The van der Waals surface area contributed by atoms with Gasteiger partial charge in [-0.15, -0.1) is 11.6 Å². The molecule has 7 heavy (non-hydrogen) atoms. The smallest absolute Gasteiger partial charge is 0.168 e. The van der Waals surface area contributed by atoms with Crippen molar-refractivity contribution in [3.05, 3.63) is 0 Å². The Morgan fingerprint density at radius 3 is 1.86 bits per heavy atom. The molecule has 0 N–H and O–H groups in total. The lowest BCUT2D eigenvalue weighted by Crippen LogP contribution is -2.16. The van der Waals surface area contributed by atoms with Crippen molar-refractivity contribution in [3.63, 3.8) is 0 Å². The van der Waals surface area contributed by atoms with E-state index in [9.17, 15) is 13.2 Å². The normalized spacial score (nSPS) is 23.3. The van der Waals surface area contributed by atoms with Crippen molar-refractivity contribution in [2.45, 2.75) is 10.4 Å². The second-order valence-electron chi connectivity index (χ2n) is 0.758. The number of alkyl halides is 5. The second kappa shape index (κ2) is 2.22. The van der Waals surface area contributed by atoms with E-state index in [1.54, 1.807) is 0 Å². The Balaban J connectivity index is 4.02. The quantitative estimate of drug-likeness (QED) is 0.526. The molecule has 0 aromatic rings. The van der Waals surface area contributed by atoms with E-state index in [1.165, 1.54) is 0 Å². The number of halogens is 5. The molecule has 0 aliphatic rings. The van der Waals surface area contributed by atoms with Crippen LogP contribution in [-0.2, 0) is 0 Å². The Morgan fingerprint density at radius 1 is 1.71 bits per heavy atom. The van der Waals surface area contributed by atoms with Gasteiger partial charge in [-0.3, -0.25) is 0 Å². The third-order valence-corrected chi connectivity index (χ3v) is 0.878. The highest BCUT2D eigenvalue weighted by molar-refractivity contribution is 9.10. The number of rotatable bonds is 0. The molecule has 0 bridgehead atoms. The van der Waals surface area contributed by atoms with E-state index in [2.05, 4.69) is 11.6 Å². The van der Waals surface area contributed by atoms with E-state index in [4.69, 9.17) is 1.37 Å². The predicted octanol–water partition coefficient (Wildman–Crippen LogP) is 2.51. The Kier molecular flexibility index (Phi) is 1.80. The van der Waals surface area contributed by atoms with Gasteiger partial charge in [0, 0.05) is 0 Å². The highest BCUT2D eigenvalue weighted by Crippen LogP contribution is 2.28. The van der Waals surface area contributed by atoms with Gasteiger partial charge in [0.2, 0.25) is 0 Å². The van der Waals surface area contributed by atoms with Gasteiger partial charge in [0.15, 0.2) is 4.26 Å². The summed E-state index contributed by atoms with van der Waals surface area (Å²) in [5.41, 5.74) is 0. The fourth-order valence-corrected chi connectivity index (χ4v) is 0. The Morgan fingerprint density at radius 2 is 1.86 bits per heavy atom. The van der Waals surface area contributed by atoms with E-state index < -0.39 is 10.4 Å². The zero-order chi connectivity index (χ0) is 7.00. The van der Waals surface area contributed by atoms with Gasteiger partial charge < -0.3 is 0 Å². The molecule has 44 valence electrons. The van der Waals surface area contributed by atoms with Crippen LogP contribution in [0.3, 0.4) is 0 Å². The van der Waals surface area contributed by atoms with Gasteiger partial charge in [-0.2, -0.15) is 13.2 Å². The molecule has 0 saturated heterocycles. The minimum atomic E-state index is -4.71. The van der Waals surface area contributed by atoms with E-state index in [0.717, 1.165) is 0 Å². The Bertz CT molecular complexity index is 72.3. The van der Waals surface area contributed by atoms with Crippen LogP contribution in [0.15, 0.2) is 0 Å². The molecule has 0 fully saturated rings. The lowest BCUT2D eigenvalue weighted by Gasteiger charge is -2.03. The molecule has 0 aliphatic heterocycles. The molecule has 0 aromatic heterocycles. The molecule has 0 aromatic carbocycles. The number of hydrogen-bond acceptors (Lipinski definition) is 0. The first-order valence-electron chi connectivity index (χ1n) is 1.69. The van der Waals surface area contributed by atoms with Crippen molar-refractivity contribution >= 4 is 27.5 Å². The summed E-state index contributed by atoms with van der Waals surface area (Å²) in [5, 5.41) is 0. The fraction of sp³-hybridized carbons (Fsp3) is 1.00. The average Bonchev–Trinajstić information content (AvgIpc) is 1.25. The summed E-state index contributed by atoms with van der Waals surface area (Å²) in [6, 6.07) is 0. The summed E-state index contributed by atoms with van der Waals surface area (Å²) in [5.74, 6) is 0. The van der Waals surface area contributed by atoms with E-state index >= 15 is 0 Å². The molecule has 0 aliphatic carbocycles. The molecule has 0 amide bonds. The van der Waals surface area contributed by atoms with Crippen LogP contribution in [0.1, 0.15) is 1.37 Å². The summed E-state index contributed by atoms with van der Waals surface area (Å²) in [6.07, 6.45) is -4.71. The van der Waals surface area contributed by atoms with Crippen LogP contribution in [0, 0.1) is 0 Å².